The zero-order chi connectivity index (χ0) is 11.5. The molecule has 1 rings (SSSR count). The molecule has 15 heavy (non-hydrogen) atoms. The Morgan fingerprint density at radius 3 is 2.87 bits per heavy atom. The zero-order valence-electron chi connectivity index (χ0n) is 10.2. The van der Waals surface area contributed by atoms with E-state index in [0.717, 1.165) is 13.0 Å². The number of rotatable bonds is 3. The lowest BCUT2D eigenvalue weighted by molar-refractivity contribution is -0.136. The Bertz CT molecular complexity index is 229. The van der Waals surface area contributed by atoms with Gasteiger partial charge < -0.3 is 15.0 Å². The predicted molar refractivity (Wildman–Crippen MR) is 59.7 cm³/mol. The first-order valence-corrected chi connectivity index (χ1v) is 5.53. The van der Waals surface area contributed by atoms with Crippen molar-refractivity contribution in [3.05, 3.63) is 0 Å². The molecular formula is C11H22N2O2. The molecule has 1 aliphatic heterocycles. The van der Waals surface area contributed by atoms with Crippen LogP contribution in [0.2, 0.25) is 0 Å². The van der Waals surface area contributed by atoms with Crippen molar-refractivity contribution in [2.24, 2.45) is 0 Å². The molecule has 1 N–H and O–H groups in total. The van der Waals surface area contributed by atoms with Gasteiger partial charge in [-0.15, -0.1) is 0 Å². The van der Waals surface area contributed by atoms with Crippen molar-refractivity contribution < 1.29 is 9.53 Å². The van der Waals surface area contributed by atoms with E-state index in [2.05, 4.69) is 12.2 Å². The third-order valence-electron chi connectivity index (χ3n) is 2.83. The normalized spacial score (nSPS) is 26.5. The van der Waals surface area contributed by atoms with E-state index in [9.17, 15) is 4.79 Å². The molecule has 1 fully saturated rings. The van der Waals surface area contributed by atoms with Gasteiger partial charge in [0.1, 0.15) is 0 Å². The highest BCUT2D eigenvalue weighted by atomic mass is 16.5. The summed E-state index contributed by atoms with van der Waals surface area (Å²) in [7, 11) is 1.66. The van der Waals surface area contributed by atoms with Crippen LogP contribution in [0.25, 0.3) is 0 Å². The van der Waals surface area contributed by atoms with Gasteiger partial charge in [0.05, 0.1) is 12.1 Å². The fourth-order valence-electron chi connectivity index (χ4n) is 2.01. The summed E-state index contributed by atoms with van der Waals surface area (Å²) >= 11 is 0. The van der Waals surface area contributed by atoms with E-state index >= 15 is 0 Å². The molecule has 0 radical (unpaired) electrons. The topological polar surface area (TPSA) is 41.6 Å². The fraction of sp³-hybridized carbons (Fsp3) is 0.909. The Labute approximate surface area is 92.0 Å². The summed E-state index contributed by atoms with van der Waals surface area (Å²) in [4.78, 5) is 14.0. The van der Waals surface area contributed by atoms with Gasteiger partial charge in [-0.3, -0.25) is 4.79 Å². The van der Waals surface area contributed by atoms with Gasteiger partial charge in [0, 0.05) is 26.2 Å². The van der Waals surface area contributed by atoms with Crippen LogP contribution in [-0.4, -0.2) is 49.2 Å². The molecule has 1 unspecified atom stereocenters. The molecule has 0 aromatic carbocycles. The van der Waals surface area contributed by atoms with Gasteiger partial charge in [-0.05, 0) is 27.2 Å². The molecule has 1 saturated heterocycles. The molecule has 4 heteroatoms. The summed E-state index contributed by atoms with van der Waals surface area (Å²) in [5, 5.41) is 3.34. The number of hydrogen-bond donors (Lipinski definition) is 1. The van der Waals surface area contributed by atoms with Crippen molar-refractivity contribution in [3.63, 3.8) is 0 Å². The van der Waals surface area contributed by atoms with Crippen LogP contribution in [0.4, 0.5) is 0 Å². The highest BCUT2D eigenvalue weighted by Gasteiger charge is 2.35. The molecule has 0 spiro atoms. The van der Waals surface area contributed by atoms with E-state index in [4.69, 9.17) is 4.74 Å². The predicted octanol–water partition coefficient (Wildman–Crippen LogP) is 0.622. The van der Waals surface area contributed by atoms with E-state index in [1.807, 2.05) is 18.7 Å². The first kappa shape index (κ1) is 12.5. The van der Waals surface area contributed by atoms with Crippen LogP contribution in [0, 0.1) is 0 Å². The molecule has 4 nitrogen and oxygen atoms in total. The van der Waals surface area contributed by atoms with Crippen LogP contribution in [0.5, 0.6) is 0 Å². The second-order valence-electron chi connectivity index (χ2n) is 4.74. The van der Waals surface area contributed by atoms with E-state index < -0.39 is 5.54 Å². The van der Waals surface area contributed by atoms with Crippen LogP contribution < -0.4 is 5.32 Å². The van der Waals surface area contributed by atoms with Crippen molar-refractivity contribution >= 4 is 5.91 Å². The number of carbonyl (C=O) groups excluding carboxylic acids is 1. The van der Waals surface area contributed by atoms with Crippen molar-refractivity contribution in [1.82, 2.24) is 10.2 Å². The summed E-state index contributed by atoms with van der Waals surface area (Å²) in [5.41, 5.74) is -0.455. The van der Waals surface area contributed by atoms with Crippen LogP contribution in [0.15, 0.2) is 0 Å². The minimum Gasteiger partial charge on any atom is -0.383 e. The molecule has 0 saturated carbocycles. The van der Waals surface area contributed by atoms with Crippen LogP contribution >= 0.6 is 0 Å². The second-order valence-corrected chi connectivity index (χ2v) is 4.74. The zero-order valence-corrected chi connectivity index (χ0v) is 10.2. The maximum absolute atomic E-state index is 12.1. The van der Waals surface area contributed by atoms with E-state index in [1.54, 1.807) is 7.11 Å². The lowest BCUT2D eigenvalue weighted by Gasteiger charge is -2.29. The second kappa shape index (κ2) is 4.94. The number of carbonyl (C=O) groups is 1. The van der Waals surface area contributed by atoms with E-state index in [0.29, 0.717) is 19.2 Å². The average Bonchev–Trinajstić information content (AvgIpc) is 2.24. The molecule has 0 aromatic heterocycles. The Morgan fingerprint density at radius 2 is 2.27 bits per heavy atom. The van der Waals surface area contributed by atoms with Crippen LogP contribution in [0.1, 0.15) is 27.2 Å². The summed E-state index contributed by atoms with van der Waals surface area (Å²) in [5.74, 6) is 0.170. The number of ether oxygens (including phenoxy) is 1. The average molecular weight is 214 g/mol. The monoisotopic (exact) mass is 214 g/mol. The highest BCUT2D eigenvalue weighted by Crippen LogP contribution is 2.15. The number of nitrogens with zero attached hydrogens (tertiary/aromatic N) is 1. The molecule has 1 amide bonds. The molecule has 88 valence electrons. The summed E-state index contributed by atoms with van der Waals surface area (Å²) in [6.45, 7) is 8.12. The van der Waals surface area contributed by atoms with Gasteiger partial charge in [0.2, 0.25) is 5.91 Å². The Hall–Kier alpha value is -0.610. The maximum Gasteiger partial charge on any atom is 0.242 e. The maximum atomic E-state index is 12.1. The van der Waals surface area contributed by atoms with Crippen molar-refractivity contribution in [3.8, 4) is 0 Å². The van der Waals surface area contributed by atoms with Crippen LogP contribution in [0.3, 0.4) is 0 Å². The molecule has 1 atom stereocenters. The van der Waals surface area contributed by atoms with Gasteiger partial charge in [0.25, 0.3) is 0 Å². The minimum absolute atomic E-state index is 0.170. The molecule has 0 aromatic rings. The summed E-state index contributed by atoms with van der Waals surface area (Å²) < 4.78 is 5.01. The quantitative estimate of drug-likeness (QED) is 0.749. The molecule has 1 aliphatic rings. The van der Waals surface area contributed by atoms with Gasteiger partial charge in [0.15, 0.2) is 0 Å². The first-order chi connectivity index (χ1) is 6.97. The highest BCUT2D eigenvalue weighted by molar-refractivity contribution is 5.85. The molecule has 1 heterocycles. The third-order valence-corrected chi connectivity index (χ3v) is 2.83. The largest absolute Gasteiger partial charge is 0.383 e. The van der Waals surface area contributed by atoms with E-state index in [-0.39, 0.29) is 5.91 Å². The smallest absolute Gasteiger partial charge is 0.242 e. The minimum atomic E-state index is -0.455. The lowest BCUT2D eigenvalue weighted by atomic mass is 10.0. The van der Waals surface area contributed by atoms with Gasteiger partial charge in [-0.25, -0.2) is 0 Å². The summed E-state index contributed by atoms with van der Waals surface area (Å²) in [6, 6.07) is 0.386. The first-order valence-electron chi connectivity index (χ1n) is 5.53. The third kappa shape index (κ3) is 3.18. The van der Waals surface area contributed by atoms with Crippen molar-refractivity contribution in [2.75, 3.05) is 26.8 Å². The number of hydrogen-bond acceptors (Lipinski definition) is 3. The Morgan fingerprint density at radius 1 is 1.60 bits per heavy atom. The van der Waals surface area contributed by atoms with E-state index in [1.165, 1.54) is 0 Å². The van der Waals surface area contributed by atoms with Gasteiger partial charge >= 0.3 is 0 Å². The van der Waals surface area contributed by atoms with Crippen LogP contribution in [-0.2, 0) is 9.53 Å². The number of nitrogens with one attached hydrogen (secondary N) is 1. The SMILES string of the molecule is COCCN1CCC(C)NC(C)(C)C1=O. The Balaban J connectivity index is 2.67. The molecular weight excluding hydrogens is 192 g/mol. The lowest BCUT2D eigenvalue weighted by Crippen LogP contribution is -2.53. The van der Waals surface area contributed by atoms with Crippen molar-refractivity contribution in [2.45, 2.75) is 38.8 Å². The number of methoxy groups -OCH3 is 1. The van der Waals surface area contributed by atoms with Gasteiger partial charge in [-0.1, -0.05) is 0 Å². The number of amides is 1. The molecule has 0 bridgehead atoms. The fourth-order valence-corrected chi connectivity index (χ4v) is 2.01. The standard InChI is InChI=1S/C11H22N2O2/c1-9-5-6-13(7-8-15-4)10(14)11(2,3)12-9/h9,12H,5-8H2,1-4H3. The van der Waals surface area contributed by atoms with Gasteiger partial charge in [-0.2, -0.15) is 0 Å². The molecule has 0 aliphatic carbocycles. The summed E-state index contributed by atoms with van der Waals surface area (Å²) in [6.07, 6.45) is 0.999. The Kier molecular flexibility index (Phi) is 4.11. The van der Waals surface area contributed by atoms with Crippen molar-refractivity contribution in [1.29, 1.82) is 0 Å².